The van der Waals surface area contributed by atoms with Crippen molar-refractivity contribution in [3.63, 3.8) is 0 Å². The Morgan fingerprint density at radius 2 is 1.42 bits per heavy atom. The Morgan fingerprint density at radius 3 is 1.88 bits per heavy atom. The van der Waals surface area contributed by atoms with Gasteiger partial charge in [0.1, 0.15) is 0 Å². The van der Waals surface area contributed by atoms with Crippen molar-refractivity contribution >= 4 is 0 Å². The fourth-order valence-electron chi connectivity index (χ4n) is 2.30. The topological polar surface area (TPSA) is 20.2 Å². The van der Waals surface area contributed by atoms with Crippen LogP contribution in [0.5, 0.6) is 0 Å². The van der Waals surface area contributed by atoms with Gasteiger partial charge >= 0.3 is 23.9 Å². The van der Waals surface area contributed by atoms with Crippen molar-refractivity contribution in [1.29, 1.82) is 0 Å². The highest BCUT2D eigenvalue weighted by atomic mass is 19.4. The number of hydrogen-bond acceptors (Lipinski definition) is 1. The molecule has 0 spiro atoms. The molecule has 0 saturated heterocycles. The minimum absolute atomic E-state index is 0.138. The standard InChI is InChI=1S/C16H17F9O/c1-9(2)6-10-4-3-5-11(7-10)12(26)8-13(17,18)14(19,20)15(21,22)16(23,24)25/h3-5,7,9,12,26H,6,8H2,1-2H3. The molecule has 150 valence electrons. The van der Waals surface area contributed by atoms with E-state index in [1.54, 1.807) is 6.07 Å². The average molecular weight is 396 g/mol. The minimum atomic E-state index is -6.96. The van der Waals surface area contributed by atoms with Gasteiger partial charge in [0.15, 0.2) is 0 Å². The molecule has 0 amide bonds. The maximum atomic E-state index is 13.6. The van der Waals surface area contributed by atoms with Crippen molar-refractivity contribution < 1.29 is 44.6 Å². The van der Waals surface area contributed by atoms with Gasteiger partial charge in [0, 0.05) is 6.42 Å². The molecule has 1 aromatic carbocycles. The van der Waals surface area contributed by atoms with Crippen LogP contribution in [0.25, 0.3) is 0 Å². The predicted molar refractivity (Wildman–Crippen MR) is 75.5 cm³/mol. The van der Waals surface area contributed by atoms with Crippen LogP contribution in [0.1, 0.15) is 37.5 Å². The number of hydrogen-bond donors (Lipinski definition) is 1. The van der Waals surface area contributed by atoms with Crippen molar-refractivity contribution in [2.24, 2.45) is 5.92 Å². The van der Waals surface area contributed by atoms with Gasteiger partial charge in [-0.2, -0.15) is 39.5 Å². The average Bonchev–Trinajstić information content (AvgIpc) is 2.44. The van der Waals surface area contributed by atoms with Crippen molar-refractivity contribution in [1.82, 2.24) is 0 Å². The van der Waals surface area contributed by atoms with Crippen molar-refractivity contribution in [3.8, 4) is 0 Å². The third-order valence-corrected chi connectivity index (χ3v) is 3.64. The lowest BCUT2D eigenvalue weighted by Crippen LogP contribution is -2.61. The number of rotatable bonds is 7. The number of benzene rings is 1. The van der Waals surface area contributed by atoms with Gasteiger partial charge in [0.2, 0.25) is 0 Å². The van der Waals surface area contributed by atoms with Crippen LogP contribution in [0.4, 0.5) is 39.5 Å². The number of aliphatic hydroxyl groups excluding tert-OH is 1. The van der Waals surface area contributed by atoms with Crippen molar-refractivity contribution in [2.45, 2.75) is 56.7 Å². The molecule has 0 aliphatic heterocycles. The third kappa shape index (κ3) is 4.44. The number of aliphatic hydroxyl groups is 1. The fourth-order valence-corrected chi connectivity index (χ4v) is 2.30. The quantitative estimate of drug-likeness (QED) is 0.580. The van der Waals surface area contributed by atoms with Crippen molar-refractivity contribution in [3.05, 3.63) is 35.4 Å². The lowest BCUT2D eigenvalue weighted by atomic mass is 9.93. The molecule has 1 atom stereocenters. The lowest BCUT2D eigenvalue weighted by molar-refractivity contribution is -0.398. The summed E-state index contributed by atoms with van der Waals surface area (Å²) in [7, 11) is 0. The second-order valence-electron chi connectivity index (χ2n) is 6.41. The van der Waals surface area contributed by atoms with Gasteiger partial charge in [0.05, 0.1) is 6.10 Å². The summed E-state index contributed by atoms with van der Waals surface area (Å²) < 4.78 is 116. The van der Waals surface area contributed by atoms with Crippen LogP contribution >= 0.6 is 0 Å². The predicted octanol–water partition coefficient (Wildman–Crippen LogP) is 5.78. The summed E-state index contributed by atoms with van der Waals surface area (Å²) in [6.07, 6.45) is -11.1. The molecule has 1 aromatic rings. The van der Waals surface area contributed by atoms with Gasteiger partial charge in [-0.25, -0.2) is 0 Å². The van der Waals surface area contributed by atoms with E-state index in [4.69, 9.17) is 0 Å². The zero-order chi connectivity index (χ0) is 20.6. The Hall–Kier alpha value is -1.45. The van der Waals surface area contributed by atoms with Crippen LogP contribution < -0.4 is 0 Å². The normalized spacial score (nSPS) is 15.4. The molecule has 0 radical (unpaired) electrons. The van der Waals surface area contributed by atoms with Gasteiger partial charge < -0.3 is 5.11 Å². The van der Waals surface area contributed by atoms with Crippen LogP contribution in [-0.4, -0.2) is 29.1 Å². The van der Waals surface area contributed by atoms with Crippen LogP contribution in [-0.2, 0) is 6.42 Å². The zero-order valence-electron chi connectivity index (χ0n) is 13.7. The smallest absolute Gasteiger partial charge is 0.388 e. The van der Waals surface area contributed by atoms with Gasteiger partial charge in [-0.3, -0.25) is 0 Å². The Bertz CT molecular complexity index is 608. The highest BCUT2D eigenvalue weighted by Gasteiger charge is 2.81. The highest BCUT2D eigenvalue weighted by Crippen LogP contribution is 2.55. The minimum Gasteiger partial charge on any atom is -0.388 e. The SMILES string of the molecule is CC(C)Cc1cccc(C(O)CC(F)(F)C(F)(F)C(F)(F)C(F)(F)F)c1. The van der Waals surface area contributed by atoms with E-state index in [9.17, 15) is 44.6 Å². The monoisotopic (exact) mass is 396 g/mol. The third-order valence-electron chi connectivity index (χ3n) is 3.64. The molecule has 0 saturated carbocycles. The van der Waals surface area contributed by atoms with Gasteiger partial charge in [0.25, 0.3) is 0 Å². The molecule has 0 heterocycles. The van der Waals surface area contributed by atoms with E-state index in [1.165, 1.54) is 12.1 Å². The maximum Gasteiger partial charge on any atom is 0.460 e. The molecular weight excluding hydrogens is 379 g/mol. The first kappa shape index (κ1) is 22.6. The Kier molecular flexibility index (Phi) is 6.33. The molecule has 0 fully saturated rings. The highest BCUT2D eigenvalue weighted by molar-refractivity contribution is 5.26. The molecule has 0 bridgehead atoms. The van der Waals surface area contributed by atoms with E-state index in [0.717, 1.165) is 6.07 Å². The Balaban J connectivity index is 3.09. The molecule has 0 aliphatic carbocycles. The summed E-state index contributed by atoms with van der Waals surface area (Å²) in [6.45, 7) is 3.66. The Morgan fingerprint density at radius 1 is 0.885 bits per heavy atom. The van der Waals surface area contributed by atoms with Crippen LogP contribution in [0, 0.1) is 5.92 Å². The second kappa shape index (κ2) is 7.28. The first-order valence-electron chi connectivity index (χ1n) is 7.50. The molecule has 1 unspecified atom stereocenters. The molecule has 1 N–H and O–H groups in total. The molecule has 1 nitrogen and oxygen atoms in total. The van der Waals surface area contributed by atoms with Crippen LogP contribution in [0.2, 0.25) is 0 Å². The lowest BCUT2D eigenvalue weighted by Gasteiger charge is -2.34. The second-order valence-corrected chi connectivity index (χ2v) is 6.41. The van der Waals surface area contributed by atoms with Gasteiger partial charge in [-0.1, -0.05) is 38.1 Å². The largest absolute Gasteiger partial charge is 0.460 e. The van der Waals surface area contributed by atoms with E-state index in [0.29, 0.717) is 12.0 Å². The summed E-state index contributed by atoms with van der Waals surface area (Å²) in [5.74, 6) is -19.4. The van der Waals surface area contributed by atoms with E-state index in [1.807, 2.05) is 13.8 Å². The fraction of sp³-hybridized carbons (Fsp3) is 0.625. The van der Waals surface area contributed by atoms with E-state index < -0.39 is 36.5 Å². The Labute approximate surface area is 143 Å². The van der Waals surface area contributed by atoms with E-state index in [2.05, 4.69) is 0 Å². The van der Waals surface area contributed by atoms with Crippen LogP contribution in [0.3, 0.4) is 0 Å². The summed E-state index contributed by atoms with van der Waals surface area (Å²) in [5, 5.41) is 9.71. The van der Waals surface area contributed by atoms with E-state index in [-0.39, 0.29) is 11.5 Å². The summed E-state index contributed by atoms with van der Waals surface area (Å²) in [4.78, 5) is 0. The summed E-state index contributed by atoms with van der Waals surface area (Å²) in [5.41, 5.74) is 0.279. The molecule has 0 aliphatic rings. The molecule has 1 rings (SSSR count). The first-order chi connectivity index (χ1) is 11.5. The maximum absolute atomic E-state index is 13.6. The van der Waals surface area contributed by atoms with E-state index >= 15 is 0 Å². The molecular formula is C16H17F9O. The first-order valence-corrected chi connectivity index (χ1v) is 7.50. The van der Waals surface area contributed by atoms with Gasteiger partial charge in [-0.05, 0) is 23.5 Å². The molecule has 0 aromatic heterocycles. The molecule has 26 heavy (non-hydrogen) atoms. The molecule has 10 heteroatoms. The van der Waals surface area contributed by atoms with Gasteiger partial charge in [-0.15, -0.1) is 0 Å². The number of alkyl halides is 9. The van der Waals surface area contributed by atoms with Crippen molar-refractivity contribution in [2.75, 3.05) is 0 Å². The zero-order valence-corrected chi connectivity index (χ0v) is 13.7. The number of halogens is 9. The summed E-state index contributed by atoms with van der Waals surface area (Å²) >= 11 is 0. The van der Waals surface area contributed by atoms with Crippen LogP contribution in [0.15, 0.2) is 24.3 Å². The summed E-state index contributed by atoms with van der Waals surface area (Å²) in [6, 6.07) is 5.20.